The quantitative estimate of drug-likeness (QED) is 0.799. The first kappa shape index (κ1) is 14.5. The molecule has 112 valence electrons. The summed E-state index contributed by atoms with van der Waals surface area (Å²) in [7, 11) is 1.31. The number of amides is 1. The second-order valence-electron chi connectivity index (χ2n) is 4.90. The summed E-state index contributed by atoms with van der Waals surface area (Å²) in [6, 6.07) is 8.57. The Kier molecular flexibility index (Phi) is 3.81. The van der Waals surface area contributed by atoms with E-state index in [-0.39, 0.29) is 5.91 Å². The van der Waals surface area contributed by atoms with Crippen molar-refractivity contribution in [2.75, 3.05) is 18.6 Å². The number of carbonyl (C=O) groups excluding carboxylic acids is 2. The smallest absolute Gasteiger partial charge is 0.339 e. The molecule has 0 radical (unpaired) electrons. The molecule has 0 saturated heterocycles. The van der Waals surface area contributed by atoms with E-state index in [2.05, 4.69) is 9.72 Å². The van der Waals surface area contributed by atoms with E-state index < -0.39 is 5.97 Å². The van der Waals surface area contributed by atoms with Crippen molar-refractivity contribution in [3.05, 3.63) is 58.2 Å². The van der Waals surface area contributed by atoms with Crippen LogP contribution in [0.25, 0.3) is 0 Å². The second kappa shape index (κ2) is 5.77. The molecule has 5 nitrogen and oxygen atoms in total. The van der Waals surface area contributed by atoms with Crippen LogP contribution in [0.5, 0.6) is 0 Å². The molecular weight excluding hydrogens is 304 g/mol. The van der Waals surface area contributed by atoms with Gasteiger partial charge in [-0.2, -0.15) is 0 Å². The Hall–Kier alpha value is -2.40. The van der Waals surface area contributed by atoms with E-state index in [1.165, 1.54) is 13.3 Å². The van der Waals surface area contributed by atoms with Crippen LogP contribution in [0.2, 0.25) is 5.02 Å². The lowest BCUT2D eigenvalue weighted by molar-refractivity contribution is 0.0600. The van der Waals surface area contributed by atoms with E-state index >= 15 is 0 Å². The number of benzene rings is 1. The first-order valence-corrected chi connectivity index (χ1v) is 7.12. The third kappa shape index (κ3) is 2.55. The lowest BCUT2D eigenvalue weighted by atomic mass is 9.99. The Bertz CT molecular complexity index is 744. The van der Waals surface area contributed by atoms with Crippen molar-refractivity contribution in [2.45, 2.75) is 6.42 Å². The van der Waals surface area contributed by atoms with Crippen LogP contribution < -0.4 is 4.90 Å². The highest BCUT2D eigenvalue weighted by molar-refractivity contribution is 6.31. The number of fused-ring (bicyclic) bond motifs is 1. The topological polar surface area (TPSA) is 59.5 Å². The van der Waals surface area contributed by atoms with Gasteiger partial charge in [-0.25, -0.2) is 9.78 Å². The van der Waals surface area contributed by atoms with Crippen LogP contribution in [0.15, 0.2) is 36.5 Å². The number of ether oxygens (including phenoxy) is 1. The molecule has 6 heteroatoms. The van der Waals surface area contributed by atoms with E-state index in [4.69, 9.17) is 11.6 Å². The van der Waals surface area contributed by atoms with Crippen LogP contribution in [0.3, 0.4) is 0 Å². The largest absolute Gasteiger partial charge is 0.465 e. The first-order valence-electron chi connectivity index (χ1n) is 6.75. The van der Waals surface area contributed by atoms with Crippen molar-refractivity contribution in [2.24, 2.45) is 0 Å². The number of halogens is 1. The first-order chi connectivity index (χ1) is 10.6. The molecule has 0 atom stereocenters. The van der Waals surface area contributed by atoms with Crippen molar-refractivity contribution >= 4 is 29.3 Å². The fourth-order valence-electron chi connectivity index (χ4n) is 2.45. The summed E-state index contributed by atoms with van der Waals surface area (Å²) >= 11 is 5.97. The van der Waals surface area contributed by atoms with Gasteiger partial charge in [0, 0.05) is 23.3 Å². The Labute approximate surface area is 132 Å². The number of anilines is 1. The third-order valence-electron chi connectivity index (χ3n) is 3.60. The van der Waals surface area contributed by atoms with Gasteiger partial charge < -0.3 is 4.74 Å². The van der Waals surface area contributed by atoms with Gasteiger partial charge in [-0.15, -0.1) is 0 Å². The average Bonchev–Trinajstić information content (AvgIpc) is 2.55. The number of methoxy groups -OCH3 is 1. The molecule has 0 fully saturated rings. The van der Waals surface area contributed by atoms with Gasteiger partial charge in [0.25, 0.3) is 5.91 Å². The highest BCUT2D eigenvalue weighted by atomic mass is 35.5. The van der Waals surface area contributed by atoms with Crippen LogP contribution in [0, 0.1) is 0 Å². The van der Waals surface area contributed by atoms with E-state index in [0.29, 0.717) is 28.5 Å². The summed E-state index contributed by atoms with van der Waals surface area (Å²) in [4.78, 5) is 29.8. The van der Waals surface area contributed by atoms with Crippen molar-refractivity contribution < 1.29 is 14.3 Å². The Morgan fingerprint density at radius 2 is 2.14 bits per heavy atom. The van der Waals surface area contributed by atoms with Gasteiger partial charge >= 0.3 is 5.97 Å². The molecule has 22 heavy (non-hydrogen) atoms. The molecule has 1 aliphatic rings. The van der Waals surface area contributed by atoms with Gasteiger partial charge in [0.2, 0.25) is 0 Å². The summed E-state index contributed by atoms with van der Waals surface area (Å²) in [6.45, 7) is 0.540. The highest BCUT2D eigenvalue weighted by Gasteiger charge is 2.26. The number of pyridine rings is 1. The molecule has 1 aromatic carbocycles. The van der Waals surface area contributed by atoms with Crippen molar-refractivity contribution in [3.63, 3.8) is 0 Å². The SMILES string of the molecule is COC(=O)c1ccc(N2CCc3ccc(Cl)cc3C2=O)nc1. The zero-order valence-electron chi connectivity index (χ0n) is 11.9. The van der Waals surface area contributed by atoms with Gasteiger partial charge in [-0.05, 0) is 36.2 Å². The minimum atomic E-state index is -0.457. The number of hydrogen-bond donors (Lipinski definition) is 0. The molecule has 2 heterocycles. The fourth-order valence-corrected chi connectivity index (χ4v) is 2.62. The normalized spacial score (nSPS) is 13.7. The molecular formula is C16H13ClN2O3. The maximum absolute atomic E-state index is 12.6. The number of aromatic nitrogens is 1. The molecule has 2 aromatic rings. The van der Waals surface area contributed by atoms with Crippen molar-refractivity contribution in [1.29, 1.82) is 0 Å². The molecule has 0 saturated carbocycles. The molecule has 0 spiro atoms. The standard InChI is InChI=1S/C16H13ClN2O3/c1-22-16(21)11-3-5-14(18-9-11)19-7-6-10-2-4-12(17)8-13(10)15(19)20/h2-5,8-9H,6-7H2,1H3. The monoisotopic (exact) mass is 316 g/mol. The highest BCUT2D eigenvalue weighted by Crippen LogP contribution is 2.25. The lowest BCUT2D eigenvalue weighted by Gasteiger charge is -2.27. The molecule has 0 N–H and O–H groups in total. The van der Waals surface area contributed by atoms with Crippen molar-refractivity contribution in [3.8, 4) is 0 Å². The van der Waals surface area contributed by atoms with Crippen molar-refractivity contribution in [1.82, 2.24) is 4.98 Å². The van der Waals surface area contributed by atoms with Crippen LogP contribution in [0.1, 0.15) is 26.3 Å². The van der Waals surface area contributed by atoms with Gasteiger partial charge in [0.05, 0.1) is 12.7 Å². The Balaban J connectivity index is 1.90. The minimum absolute atomic E-state index is 0.137. The summed E-state index contributed by atoms with van der Waals surface area (Å²) in [5.74, 6) is -0.0912. The van der Waals surface area contributed by atoms with Crippen LogP contribution >= 0.6 is 11.6 Å². The summed E-state index contributed by atoms with van der Waals surface area (Å²) < 4.78 is 4.63. The molecule has 1 amide bonds. The molecule has 0 aliphatic carbocycles. The minimum Gasteiger partial charge on any atom is -0.465 e. The molecule has 0 bridgehead atoms. The van der Waals surface area contributed by atoms with E-state index in [0.717, 1.165) is 12.0 Å². The molecule has 1 aliphatic heterocycles. The predicted octanol–water partition coefficient (Wildman–Crippen LogP) is 2.72. The maximum atomic E-state index is 12.6. The zero-order chi connectivity index (χ0) is 15.7. The van der Waals surface area contributed by atoms with Gasteiger partial charge in [0.15, 0.2) is 0 Å². The summed E-state index contributed by atoms with van der Waals surface area (Å²) in [5, 5.41) is 0.531. The fraction of sp³-hybridized carbons (Fsp3) is 0.188. The van der Waals surface area contributed by atoms with Crippen LogP contribution in [-0.4, -0.2) is 30.5 Å². The average molecular weight is 317 g/mol. The van der Waals surface area contributed by atoms with E-state index in [9.17, 15) is 9.59 Å². The number of nitrogens with zero attached hydrogens (tertiary/aromatic N) is 2. The molecule has 3 rings (SSSR count). The number of rotatable bonds is 2. The number of hydrogen-bond acceptors (Lipinski definition) is 4. The third-order valence-corrected chi connectivity index (χ3v) is 3.83. The second-order valence-corrected chi connectivity index (χ2v) is 5.34. The lowest BCUT2D eigenvalue weighted by Crippen LogP contribution is -2.38. The Morgan fingerprint density at radius 3 is 2.82 bits per heavy atom. The van der Waals surface area contributed by atoms with Gasteiger partial charge in [-0.3, -0.25) is 9.69 Å². The summed E-state index contributed by atoms with van der Waals surface area (Å²) in [6.07, 6.45) is 2.14. The Morgan fingerprint density at radius 1 is 1.32 bits per heavy atom. The molecule has 1 aromatic heterocycles. The number of carbonyl (C=O) groups is 2. The van der Waals surface area contributed by atoms with E-state index in [1.807, 2.05) is 6.07 Å². The van der Waals surface area contributed by atoms with E-state index in [1.54, 1.807) is 29.2 Å². The van der Waals surface area contributed by atoms with Crippen LogP contribution in [-0.2, 0) is 11.2 Å². The number of esters is 1. The van der Waals surface area contributed by atoms with Gasteiger partial charge in [-0.1, -0.05) is 17.7 Å². The maximum Gasteiger partial charge on any atom is 0.339 e. The van der Waals surface area contributed by atoms with Crippen LogP contribution in [0.4, 0.5) is 5.82 Å². The van der Waals surface area contributed by atoms with Gasteiger partial charge in [0.1, 0.15) is 5.82 Å². The zero-order valence-corrected chi connectivity index (χ0v) is 12.6. The summed E-state index contributed by atoms with van der Waals surface area (Å²) in [5.41, 5.74) is 1.92. The predicted molar refractivity (Wildman–Crippen MR) is 82.4 cm³/mol. The molecule has 0 unspecified atom stereocenters.